The number of rotatable bonds is 3. The Kier molecular flexibility index (Phi) is 4.05. The summed E-state index contributed by atoms with van der Waals surface area (Å²) >= 11 is 0. The molecule has 1 aromatic heterocycles. The van der Waals surface area contributed by atoms with Crippen molar-refractivity contribution in [2.24, 2.45) is 0 Å². The van der Waals surface area contributed by atoms with E-state index >= 15 is 0 Å². The van der Waals surface area contributed by atoms with E-state index in [4.69, 9.17) is 0 Å². The van der Waals surface area contributed by atoms with Gasteiger partial charge >= 0.3 is 6.18 Å². The molecule has 24 heavy (non-hydrogen) atoms. The molecule has 0 atom stereocenters. The molecule has 124 valence electrons. The Labute approximate surface area is 136 Å². The first kappa shape index (κ1) is 16.1. The molecule has 0 spiro atoms. The van der Waals surface area contributed by atoms with Crippen LogP contribution in [-0.2, 0) is 12.7 Å². The third-order valence-corrected chi connectivity index (χ3v) is 3.81. The minimum Gasteiger partial charge on any atom is -0.351 e. The topological polar surface area (TPSA) is 36.1 Å². The molecule has 6 heteroatoms. The van der Waals surface area contributed by atoms with Crippen molar-refractivity contribution >= 4 is 16.8 Å². The molecule has 3 rings (SSSR count). The van der Waals surface area contributed by atoms with Crippen LogP contribution >= 0.6 is 0 Å². The van der Waals surface area contributed by atoms with Crippen molar-refractivity contribution in [3.63, 3.8) is 0 Å². The average Bonchev–Trinajstić information content (AvgIpc) is 2.97. The van der Waals surface area contributed by atoms with Crippen molar-refractivity contribution < 1.29 is 18.0 Å². The summed E-state index contributed by atoms with van der Waals surface area (Å²) < 4.78 is 37.7. The van der Waals surface area contributed by atoms with Gasteiger partial charge in [-0.25, -0.2) is 0 Å². The molecule has 1 amide bonds. The first-order valence-electron chi connectivity index (χ1n) is 7.34. The molecular formula is C18H15F3N2O. The van der Waals surface area contributed by atoms with Crippen LogP contribution in [0.5, 0.6) is 0 Å². The Morgan fingerprint density at radius 1 is 1.08 bits per heavy atom. The molecule has 2 aromatic carbocycles. The number of nitrogens with one attached hydrogen (secondary N) is 1. The number of amides is 1. The molecule has 0 fully saturated rings. The van der Waals surface area contributed by atoms with E-state index in [1.165, 1.54) is 17.0 Å². The number of nitrogens with zero attached hydrogens (tertiary/aromatic N) is 1. The van der Waals surface area contributed by atoms with Gasteiger partial charge in [0.15, 0.2) is 0 Å². The number of H-pyrrole nitrogens is 1. The third-order valence-electron chi connectivity index (χ3n) is 3.81. The first-order valence-corrected chi connectivity index (χ1v) is 7.34. The fraction of sp³-hybridized carbons (Fsp3) is 0.167. The fourth-order valence-corrected chi connectivity index (χ4v) is 2.54. The smallest absolute Gasteiger partial charge is 0.351 e. The van der Waals surface area contributed by atoms with Crippen molar-refractivity contribution in [3.05, 3.63) is 71.4 Å². The standard InChI is InChI=1S/C18H15F3N2O/c1-23(11-12-6-8-14(9-7-12)18(19,20)21)17(24)16-10-13-4-2-3-5-15(13)22-16/h2-10,22H,11H2,1H3. The van der Waals surface area contributed by atoms with E-state index < -0.39 is 11.7 Å². The molecular weight excluding hydrogens is 317 g/mol. The van der Waals surface area contributed by atoms with Crippen LogP contribution < -0.4 is 0 Å². The van der Waals surface area contributed by atoms with Crippen molar-refractivity contribution in [2.45, 2.75) is 12.7 Å². The van der Waals surface area contributed by atoms with Crippen LogP contribution in [0.2, 0.25) is 0 Å². The summed E-state index contributed by atoms with van der Waals surface area (Å²) in [7, 11) is 1.62. The molecule has 0 saturated heterocycles. The largest absolute Gasteiger partial charge is 0.416 e. The van der Waals surface area contributed by atoms with E-state index in [1.807, 2.05) is 24.3 Å². The van der Waals surface area contributed by atoms with Crippen LogP contribution in [-0.4, -0.2) is 22.8 Å². The number of alkyl halides is 3. The molecule has 1 heterocycles. The number of fused-ring (bicyclic) bond motifs is 1. The Balaban J connectivity index is 1.74. The lowest BCUT2D eigenvalue weighted by Gasteiger charge is -2.17. The summed E-state index contributed by atoms with van der Waals surface area (Å²) in [6.45, 7) is 0.229. The summed E-state index contributed by atoms with van der Waals surface area (Å²) in [5, 5.41) is 0.934. The fourth-order valence-electron chi connectivity index (χ4n) is 2.54. The zero-order valence-electron chi connectivity index (χ0n) is 12.9. The van der Waals surface area contributed by atoms with Gasteiger partial charge < -0.3 is 9.88 Å². The summed E-state index contributed by atoms with van der Waals surface area (Å²) in [5.74, 6) is -0.217. The van der Waals surface area contributed by atoms with E-state index in [-0.39, 0.29) is 12.5 Å². The summed E-state index contributed by atoms with van der Waals surface area (Å²) in [4.78, 5) is 17.0. The first-order chi connectivity index (χ1) is 11.3. The monoisotopic (exact) mass is 332 g/mol. The SMILES string of the molecule is CN(Cc1ccc(C(F)(F)F)cc1)C(=O)c1cc2ccccc2[nH]1. The van der Waals surface area contributed by atoms with E-state index in [2.05, 4.69) is 4.98 Å². The second kappa shape index (κ2) is 6.03. The zero-order chi connectivity index (χ0) is 17.3. The predicted molar refractivity (Wildman–Crippen MR) is 85.5 cm³/mol. The van der Waals surface area contributed by atoms with Crippen LogP contribution in [0, 0.1) is 0 Å². The van der Waals surface area contributed by atoms with Crippen molar-refractivity contribution in [1.82, 2.24) is 9.88 Å². The molecule has 0 aliphatic rings. The van der Waals surface area contributed by atoms with Crippen LogP contribution in [0.15, 0.2) is 54.6 Å². The van der Waals surface area contributed by atoms with Gasteiger partial charge in [-0.1, -0.05) is 30.3 Å². The molecule has 0 unspecified atom stereocenters. The Morgan fingerprint density at radius 3 is 2.38 bits per heavy atom. The lowest BCUT2D eigenvalue weighted by atomic mass is 10.1. The number of hydrogen-bond donors (Lipinski definition) is 1. The van der Waals surface area contributed by atoms with Crippen molar-refractivity contribution in [3.8, 4) is 0 Å². The van der Waals surface area contributed by atoms with Gasteiger partial charge in [-0.15, -0.1) is 0 Å². The number of hydrogen-bond acceptors (Lipinski definition) is 1. The number of para-hydroxylation sites is 1. The summed E-state index contributed by atoms with van der Waals surface area (Å²) in [6, 6.07) is 14.1. The van der Waals surface area contributed by atoms with E-state index in [1.54, 1.807) is 13.1 Å². The minimum absolute atomic E-state index is 0.217. The van der Waals surface area contributed by atoms with Gasteiger partial charge in [0, 0.05) is 24.5 Å². The molecule has 0 bridgehead atoms. The molecule has 0 aliphatic carbocycles. The maximum absolute atomic E-state index is 12.6. The van der Waals surface area contributed by atoms with Gasteiger partial charge in [-0.05, 0) is 29.8 Å². The number of carbonyl (C=O) groups is 1. The van der Waals surface area contributed by atoms with Crippen LogP contribution in [0.25, 0.3) is 10.9 Å². The molecule has 3 nitrogen and oxygen atoms in total. The maximum atomic E-state index is 12.6. The highest BCUT2D eigenvalue weighted by molar-refractivity contribution is 5.97. The van der Waals surface area contributed by atoms with E-state index in [0.717, 1.165) is 23.0 Å². The van der Waals surface area contributed by atoms with Gasteiger partial charge in [0.25, 0.3) is 5.91 Å². The molecule has 3 aromatic rings. The zero-order valence-corrected chi connectivity index (χ0v) is 12.9. The van der Waals surface area contributed by atoms with Crippen LogP contribution in [0.1, 0.15) is 21.6 Å². The third kappa shape index (κ3) is 3.27. The van der Waals surface area contributed by atoms with Gasteiger partial charge in [-0.3, -0.25) is 4.79 Å². The highest BCUT2D eigenvalue weighted by Gasteiger charge is 2.30. The van der Waals surface area contributed by atoms with Gasteiger partial charge in [0.1, 0.15) is 5.69 Å². The quantitative estimate of drug-likeness (QED) is 0.755. The second-order valence-corrected chi connectivity index (χ2v) is 5.63. The van der Waals surface area contributed by atoms with Crippen LogP contribution in [0.3, 0.4) is 0 Å². The van der Waals surface area contributed by atoms with Crippen LogP contribution in [0.4, 0.5) is 13.2 Å². The molecule has 0 radical (unpaired) electrons. The maximum Gasteiger partial charge on any atom is 0.416 e. The van der Waals surface area contributed by atoms with Gasteiger partial charge in [0.05, 0.1) is 5.56 Å². The summed E-state index contributed by atoms with van der Waals surface area (Å²) in [6.07, 6.45) is -4.36. The second-order valence-electron chi connectivity index (χ2n) is 5.63. The molecule has 0 aliphatic heterocycles. The summed E-state index contributed by atoms with van der Waals surface area (Å²) in [5.41, 5.74) is 1.25. The highest BCUT2D eigenvalue weighted by Crippen LogP contribution is 2.29. The van der Waals surface area contributed by atoms with E-state index in [0.29, 0.717) is 11.3 Å². The normalized spacial score (nSPS) is 11.7. The number of halogens is 3. The number of aromatic amines is 1. The lowest BCUT2D eigenvalue weighted by Crippen LogP contribution is -2.26. The molecule has 1 N–H and O–H groups in total. The number of carbonyl (C=O) groups excluding carboxylic acids is 1. The van der Waals surface area contributed by atoms with E-state index in [9.17, 15) is 18.0 Å². The Morgan fingerprint density at radius 2 is 1.75 bits per heavy atom. The minimum atomic E-state index is -4.36. The number of benzene rings is 2. The average molecular weight is 332 g/mol. The Hall–Kier alpha value is -2.76. The molecule has 0 saturated carbocycles. The highest BCUT2D eigenvalue weighted by atomic mass is 19.4. The van der Waals surface area contributed by atoms with Gasteiger partial charge in [-0.2, -0.15) is 13.2 Å². The van der Waals surface area contributed by atoms with Crippen molar-refractivity contribution in [2.75, 3.05) is 7.05 Å². The number of aromatic nitrogens is 1. The predicted octanol–water partition coefficient (Wildman–Crippen LogP) is 4.46. The lowest BCUT2D eigenvalue weighted by molar-refractivity contribution is -0.137. The van der Waals surface area contributed by atoms with Crippen molar-refractivity contribution in [1.29, 1.82) is 0 Å². The van der Waals surface area contributed by atoms with Gasteiger partial charge in [0.2, 0.25) is 0 Å². The Bertz CT molecular complexity index is 833.